The van der Waals surface area contributed by atoms with Crippen LogP contribution in [0.25, 0.3) is 0 Å². The van der Waals surface area contributed by atoms with Gasteiger partial charge < -0.3 is 19.3 Å². The summed E-state index contributed by atoms with van der Waals surface area (Å²) in [6, 6.07) is 11.1. The highest BCUT2D eigenvalue weighted by Crippen LogP contribution is 2.44. The number of aliphatic carboxylic acids is 1. The highest BCUT2D eigenvalue weighted by atomic mass is 32.2. The van der Waals surface area contributed by atoms with E-state index in [1.807, 2.05) is 0 Å². The van der Waals surface area contributed by atoms with Gasteiger partial charge in [-0.05, 0) is 42.0 Å². The molecule has 1 saturated heterocycles. The fourth-order valence-corrected chi connectivity index (χ4v) is 6.27. The van der Waals surface area contributed by atoms with Crippen molar-refractivity contribution >= 4 is 21.9 Å². The Labute approximate surface area is 206 Å². The molecule has 1 aliphatic heterocycles. The lowest BCUT2D eigenvalue weighted by Crippen LogP contribution is -2.60. The Hall–Kier alpha value is -3.10. The van der Waals surface area contributed by atoms with E-state index in [0.717, 1.165) is 4.31 Å². The number of benzene rings is 2. The second kappa shape index (κ2) is 10.5. The summed E-state index contributed by atoms with van der Waals surface area (Å²) in [5.41, 5.74) is 0.413. The van der Waals surface area contributed by atoms with Gasteiger partial charge in [0.2, 0.25) is 10.0 Å². The first-order valence-corrected chi connectivity index (χ1v) is 12.5. The summed E-state index contributed by atoms with van der Waals surface area (Å²) in [7, 11) is -4.42. The lowest BCUT2D eigenvalue weighted by Gasteiger charge is -2.38. The third-order valence-corrected chi connectivity index (χ3v) is 8.30. The molecular formula is C23H25FN2O9S. The van der Waals surface area contributed by atoms with Crippen LogP contribution in [0.5, 0.6) is 5.75 Å². The molecule has 0 radical (unpaired) electrons. The number of carboxylic acids is 1. The Bertz CT molecular complexity index is 1190. The largest absolute Gasteiger partial charge is 0.489 e. The summed E-state index contributed by atoms with van der Waals surface area (Å²) < 4.78 is 57.8. The number of halogens is 1. The molecule has 13 heteroatoms. The van der Waals surface area contributed by atoms with Gasteiger partial charge in [0.1, 0.15) is 30.5 Å². The summed E-state index contributed by atoms with van der Waals surface area (Å²) in [4.78, 5) is 24.0. The summed E-state index contributed by atoms with van der Waals surface area (Å²) >= 11 is 0. The van der Waals surface area contributed by atoms with Gasteiger partial charge in [-0.3, -0.25) is 14.8 Å². The van der Waals surface area contributed by atoms with Gasteiger partial charge in [0, 0.05) is 19.4 Å². The summed E-state index contributed by atoms with van der Waals surface area (Å²) in [5, 5.41) is 18.7. The number of hydrogen-bond acceptors (Lipinski definition) is 8. The number of nitrogens with zero attached hydrogens (tertiary/aromatic N) is 1. The quantitative estimate of drug-likeness (QED) is 0.311. The lowest BCUT2D eigenvalue weighted by atomic mass is 9.95. The van der Waals surface area contributed by atoms with Gasteiger partial charge in [0.25, 0.3) is 5.91 Å². The van der Waals surface area contributed by atoms with Gasteiger partial charge in [-0.2, -0.15) is 4.31 Å². The zero-order chi connectivity index (χ0) is 25.9. The van der Waals surface area contributed by atoms with E-state index in [1.165, 1.54) is 41.9 Å². The first kappa shape index (κ1) is 26.0. The third-order valence-electron chi connectivity index (χ3n) is 6.32. The molecule has 1 aliphatic carbocycles. The average Bonchev–Trinajstić information content (AvgIpc) is 3.44. The fraction of sp³-hybridized carbons (Fsp3) is 0.391. The van der Waals surface area contributed by atoms with E-state index in [2.05, 4.69) is 0 Å². The zero-order valence-corrected chi connectivity index (χ0v) is 19.8. The molecule has 0 aromatic heterocycles. The molecule has 2 atom stereocenters. The third kappa shape index (κ3) is 5.20. The standard InChI is InChI=1S/C23H25FN2O9S/c24-16-3-1-15(2-4-16)13-33-17-5-7-18(8-6-17)36(31,32)26(10-9-21(27)28)23(22(29)25-30)11-19-20(12-23)35-14-34-19/h1-8,19-20,30H,9-14H2,(H,25,29)(H,27,28). The van der Waals surface area contributed by atoms with Crippen LogP contribution in [0.2, 0.25) is 0 Å². The molecule has 1 amide bonds. The van der Waals surface area contributed by atoms with E-state index in [0.29, 0.717) is 11.3 Å². The zero-order valence-electron chi connectivity index (χ0n) is 19.0. The van der Waals surface area contributed by atoms with Crippen molar-refractivity contribution < 1.29 is 46.9 Å². The van der Waals surface area contributed by atoms with Crippen LogP contribution in [-0.4, -0.2) is 66.0 Å². The van der Waals surface area contributed by atoms with E-state index in [-0.39, 0.29) is 37.0 Å². The summed E-state index contributed by atoms with van der Waals surface area (Å²) in [6.07, 6.45) is -2.00. The Kier molecular flexibility index (Phi) is 7.57. The molecule has 1 saturated carbocycles. The van der Waals surface area contributed by atoms with Gasteiger partial charge in [-0.15, -0.1) is 0 Å². The fourth-order valence-electron chi connectivity index (χ4n) is 4.51. The number of fused-ring (bicyclic) bond motifs is 1. The van der Waals surface area contributed by atoms with Gasteiger partial charge >= 0.3 is 5.97 Å². The van der Waals surface area contributed by atoms with Crippen molar-refractivity contribution in [3.8, 4) is 5.75 Å². The monoisotopic (exact) mass is 524 g/mol. The number of carbonyl (C=O) groups is 2. The van der Waals surface area contributed by atoms with E-state index in [1.54, 1.807) is 12.1 Å². The smallest absolute Gasteiger partial charge is 0.304 e. The minimum Gasteiger partial charge on any atom is -0.489 e. The molecule has 2 unspecified atom stereocenters. The van der Waals surface area contributed by atoms with Crippen LogP contribution >= 0.6 is 0 Å². The normalized spacial score (nSPS) is 23.4. The molecule has 0 bridgehead atoms. The van der Waals surface area contributed by atoms with Crippen LogP contribution in [0.1, 0.15) is 24.8 Å². The molecular weight excluding hydrogens is 499 g/mol. The number of carboxylic acid groups (broad SMARTS) is 1. The average molecular weight is 525 g/mol. The van der Waals surface area contributed by atoms with E-state index in [9.17, 15) is 32.7 Å². The minimum atomic E-state index is -4.42. The Morgan fingerprint density at radius 1 is 1.08 bits per heavy atom. The highest BCUT2D eigenvalue weighted by molar-refractivity contribution is 7.89. The topological polar surface area (TPSA) is 152 Å². The first-order chi connectivity index (χ1) is 17.2. The maximum Gasteiger partial charge on any atom is 0.304 e. The molecule has 3 N–H and O–H groups in total. The van der Waals surface area contributed by atoms with Crippen molar-refractivity contribution in [2.45, 2.75) is 48.5 Å². The van der Waals surface area contributed by atoms with Crippen LogP contribution < -0.4 is 10.2 Å². The number of hydroxylamine groups is 1. The predicted molar refractivity (Wildman–Crippen MR) is 120 cm³/mol. The number of rotatable bonds is 10. The van der Waals surface area contributed by atoms with Crippen molar-refractivity contribution in [1.29, 1.82) is 0 Å². The van der Waals surface area contributed by atoms with Gasteiger partial charge in [0.05, 0.1) is 23.5 Å². The summed E-state index contributed by atoms with van der Waals surface area (Å²) in [5.74, 6) is -2.30. The van der Waals surface area contributed by atoms with Crippen molar-refractivity contribution in [3.63, 3.8) is 0 Å². The van der Waals surface area contributed by atoms with Crippen LogP contribution in [-0.2, 0) is 35.7 Å². The van der Waals surface area contributed by atoms with Crippen molar-refractivity contribution in [2.24, 2.45) is 0 Å². The van der Waals surface area contributed by atoms with Gasteiger partial charge in [-0.1, -0.05) is 12.1 Å². The van der Waals surface area contributed by atoms with E-state index >= 15 is 0 Å². The molecule has 11 nitrogen and oxygen atoms in total. The molecule has 194 valence electrons. The van der Waals surface area contributed by atoms with Crippen molar-refractivity contribution in [2.75, 3.05) is 13.3 Å². The second-order valence-corrected chi connectivity index (χ2v) is 10.4. The van der Waals surface area contributed by atoms with Crippen molar-refractivity contribution in [3.05, 3.63) is 59.9 Å². The van der Waals surface area contributed by atoms with Crippen LogP contribution in [0.15, 0.2) is 53.4 Å². The number of hydrogen-bond donors (Lipinski definition) is 3. The van der Waals surface area contributed by atoms with Gasteiger partial charge in [-0.25, -0.2) is 18.3 Å². The van der Waals surface area contributed by atoms with Crippen LogP contribution in [0.3, 0.4) is 0 Å². The number of sulfonamides is 1. The molecule has 36 heavy (non-hydrogen) atoms. The number of ether oxygens (including phenoxy) is 3. The highest BCUT2D eigenvalue weighted by Gasteiger charge is 2.59. The maximum absolute atomic E-state index is 13.7. The molecule has 1 heterocycles. The number of amides is 1. The van der Waals surface area contributed by atoms with Crippen LogP contribution in [0.4, 0.5) is 4.39 Å². The summed E-state index contributed by atoms with van der Waals surface area (Å²) in [6.45, 7) is -0.402. The molecule has 2 fully saturated rings. The number of nitrogens with one attached hydrogen (secondary N) is 1. The van der Waals surface area contributed by atoms with Crippen molar-refractivity contribution in [1.82, 2.24) is 9.79 Å². The molecule has 4 rings (SSSR count). The maximum atomic E-state index is 13.7. The van der Waals surface area contributed by atoms with Crippen LogP contribution in [0, 0.1) is 5.82 Å². The predicted octanol–water partition coefficient (Wildman–Crippen LogP) is 1.65. The van der Waals surface area contributed by atoms with E-state index in [4.69, 9.17) is 14.2 Å². The Balaban J connectivity index is 1.60. The molecule has 2 aromatic carbocycles. The Morgan fingerprint density at radius 3 is 2.25 bits per heavy atom. The molecule has 2 aliphatic rings. The SMILES string of the molecule is O=C(O)CCN(C1(C(=O)NO)CC2OCOC2C1)S(=O)(=O)c1ccc(OCc2ccc(F)cc2)cc1. The van der Waals surface area contributed by atoms with Gasteiger partial charge in [0.15, 0.2) is 0 Å². The molecule has 0 spiro atoms. The molecule has 2 aromatic rings. The minimum absolute atomic E-state index is 0.00653. The lowest BCUT2D eigenvalue weighted by molar-refractivity contribution is -0.143. The first-order valence-electron chi connectivity index (χ1n) is 11.1. The van der Waals surface area contributed by atoms with E-state index < -0.39 is 52.6 Å². The second-order valence-electron chi connectivity index (χ2n) is 8.52. The number of carbonyl (C=O) groups excluding carboxylic acids is 1. The Morgan fingerprint density at radius 2 is 1.69 bits per heavy atom.